The summed E-state index contributed by atoms with van der Waals surface area (Å²) in [4.78, 5) is 12.5. The van der Waals surface area contributed by atoms with Crippen LogP contribution in [0.3, 0.4) is 0 Å². The van der Waals surface area contributed by atoms with E-state index in [1.54, 1.807) is 42.5 Å². The van der Waals surface area contributed by atoms with E-state index in [2.05, 4.69) is 5.32 Å². The van der Waals surface area contributed by atoms with Gasteiger partial charge in [-0.1, -0.05) is 36.4 Å². The Labute approximate surface area is 179 Å². The second kappa shape index (κ2) is 9.38. The molecular formula is C24H22FNO5. The summed E-state index contributed by atoms with van der Waals surface area (Å²) in [5.74, 6) is 1.57. The van der Waals surface area contributed by atoms with Crippen molar-refractivity contribution in [3.63, 3.8) is 0 Å². The molecule has 7 heteroatoms. The zero-order valence-corrected chi connectivity index (χ0v) is 17.0. The normalized spacial score (nSPS) is 14.6. The number of ether oxygens (including phenoxy) is 4. The lowest BCUT2D eigenvalue weighted by atomic mass is 10.2. The van der Waals surface area contributed by atoms with Gasteiger partial charge in [0.15, 0.2) is 23.0 Å². The maximum atomic E-state index is 13.8. The molecule has 31 heavy (non-hydrogen) atoms. The first kappa shape index (κ1) is 20.5. The van der Waals surface area contributed by atoms with Gasteiger partial charge in [-0.3, -0.25) is 4.79 Å². The second-order valence-electron chi connectivity index (χ2n) is 6.95. The van der Waals surface area contributed by atoms with Crippen LogP contribution in [0.4, 0.5) is 4.39 Å². The number of halogens is 1. The zero-order valence-electron chi connectivity index (χ0n) is 17.0. The monoisotopic (exact) mass is 423 g/mol. The van der Waals surface area contributed by atoms with Crippen molar-refractivity contribution in [2.45, 2.75) is 19.3 Å². The lowest BCUT2D eigenvalue weighted by molar-refractivity contribution is -0.130. The van der Waals surface area contributed by atoms with Crippen molar-refractivity contribution in [3.05, 3.63) is 83.7 Å². The third-order valence-electron chi connectivity index (χ3n) is 4.84. The Kier molecular flexibility index (Phi) is 6.21. The van der Waals surface area contributed by atoms with Crippen molar-refractivity contribution in [2.24, 2.45) is 0 Å². The Morgan fingerprint density at radius 1 is 1.06 bits per heavy atom. The smallest absolute Gasteiger partial charge is 0.264 e. The average molecular weight is 423 g/mol. The standard InChI is InChI=1S/C24H22FNO5/c1-28-22-12-16(10-11-20(22)29-14-17-6-2-3-7-18(17)25)13-26-24(27)23-15-30-19-8-4-5-9-21(19)31-23/h2-12,23H,13-15H2,1H3,(H,26,27)/t23-/m1/s1. The topological polar surface area (TPSA) is 66.0 Å². The third kappa shape index (κ3) is 4.88. The zero-order chi connectivity index (χ0) is 21.6. The highest BCUT2D eigenvalue weighted by molar-refractivity contribution is 5.81. The minimum atomic E-state index is -0.722. The van der Waals surface area contributed by atoms with Crippen LogP contribution < -0.4 is 24.3 Å². The van der Waals surface area contributed by atoms with Crippen molar-refractivity contribution in [1.82, 2.24) is 5.32 Å². The lowest BCUT2D eigenvalue weighted by Crippen LogP contribution is -2.43. The van der Waals surface area contributed by atoms with Gasteiger partial charge >= 0.3 is 0 Å². The van der Waals surface area contributed by atoms with Gasteiger partial charge in [-0.25, -0.2) is 4.39 Å². The van der Waals surface area contributed by atoms with E-state index in [9.17, 15) is 9.18 Å². The van der Waals surface area contributed by atoms with Gasteiger partial charge < -0.3 is 24.3 Å². The van der Waals surface area contributed by atoms with E-state index in [-0.39, 0.29) is 31.5 Å². The SMILES string of the molecule is COc1cc(CNC(=O)[C@H]2COc3ccccc3O2)ccc1OCc1ccccc1F. The molecule has 0 saturated heterocycles. The first-order valence-corrected chi connectivity index (χ1v) is 9.83. The van der Waals surface area contributed by atoms with Crippen LogP contribution in [0, 0.1) is 5.82 Å². The molecule has 0 bridgehead atoms. The van der Waals surface area contributed by atoms with Gasteiger partial charge in [0.2, 0.25) is 6.10 Å². The van der Waals surface area contributed by atoms with Crippen LogP contribution in [0.25, 0.3) is 0 Å². The van der Waals surface area contributed by atoms with E-state index in [1.807, 2.05) is 18.2 Å². The van der Waals surface area contributed by atoms with Crippen molar-refractivity contribution in [1.29, 1.82) is 0 Å². The second-order valence-corrected chi connectivity index (χ2v) is 6.95. The van der Waals surface area contributed by atoms with Gasteiger partial charge in [-0.2, -0.15) is 0 Å². The summed E-state index contributed by atoms with van der Waals surface area (Å²) < 4.78 is 36.2. The molecule has 160 valence electrons. The Balaban J connectivity index is 1.35. The molecule has 0 aliphatic carbocycles. The van der Waals surface area contributed by atoms with Crippen LogP contribution in [-0.4, -0.2) is 25.7 Å². The summed E-state index contributed by atoms with van der Waals surface area (Å²) in [6, 6.07) is 19.0. The number of hydrogen-bond donors (Lipinski definition) is 1. The molecule has 1 heterocycles. The van der Waals surface area contributed by atoms with Crippen molar-refractivity contribution >= 4 is 5.91 Å². The number of amides is 1. The molecule has 1 atom stereocenters. The number of carbonyl (C=O) groups excluding carboxylic acids is 1. The van der Waals surface area contributed by atoms with E-state index in [4.69, 9.17) is 18.9 Å². The molecule has 0 fully saturated rings. The van der Waals surface area contributed by atoms with Crippen molar-refractivity contribution < 1.29 is 28.1 Å². The molecule has 3 aromatic rings. The fraction of sp³-hybridized carbons (Fsp3) is 0.208. The molecule has 0 spiro atoms. The highest BCUT2D eigenvalue weighted by Crippen LogP contribution is 2.31. The van der Waals surface area contributed by atoms with Crippen LogP contribution >= 0.6 is 0 Å². The van der Waals surface area contributed by atoms with E-state index in [0.29, 0.717) is 28.6 Å². The molecule has 1 aliphatic heterocycles. The largest absolute Gasteiger partial charge is 0.493 e. The van der Waals surface area contributed by atoms with Gasteiger partial charge in [0.25, 0.3) is 5.91 Å². The molecule has 3 aromatic carbocycles. The van der Waals surface area contributed by atoms with E-state index in [1.165, 1.54) is 13.2 Å². The highest BCUT2D eigenvalue weighted by Gasteiger charge is 2.27. The van der Waals surface area contributed by atoms with E-state index in [0.717, 1.165) is 5.56 Å². The Hall–Kier alpha value is -3.74. The maximum absolute atomic E-state index is 13.8. The number of fused-ring (bicyclic) bond motifs is 1. The molecule has 1 amide bonds. The summed E-state index contributed by atoms with van der Waals surface area (Å²) >= 11 is 0. The number of methoxy groups -OCH3 is 1. The fourth-order valence-electron chi connectivity index (χ4n) is 3.16. The van der Waals surface area contributed by atoms with Gasteiger partial charge in [-0.05, 0) is 35.9 Å². The van der Waals surface area contributed by atoms with Gasteiger partial charge in [0.1, 0.15) is 19.0 Å². The number of nitrogens with one attached hydrogen (secondary N) is 1. The Bertz CT molecular complexity index is 1070. The number of rotatable bonds is 7. The number of hydrogen-bond acceptors (Lipinski definition) is 5. The quantitative estimate of drug-likeness (QED) is 0.625. The molecule has 4 rings (SSSR count). The predicted molar refractivity (Wildman–Crippen MR) is 112 cm³/mol. The predicted octanol–water partition coefficient (Wildman–Crippen LogP) is 3.87. The minimum absolute atomic E-state index is 0.0829. The van der Waals surface area contributed by atoms with Gasteiger partial charge in [0.05, 0.1) is 7.11 Å². The van der Waals surface area contributed by atoms with Crippen LogP contribution in [0.1, 0.15) is 11.1 Å². The molecule has 1 N–H and O–H groups in total. The molecule has 0 aromatic heterocycles. The number of carbonyl (C=O) groups is 1. The number of benzene rings is 3. The average Bonchev–Trinajstić information content (AvgIpc) is 2.82. The summed E-state index contributed by atoms with van der Waals surface area (Å²) in [6.45, 7) is 0.513. The molecule has 1 aliphatic rings. The number of para-hydroxylation sites is 2. The summed E-state index contributed by atoms with van der Waals surface area (Å²) in [5, 5.41) is 2.85. The maximum Gasteiger partial charge on any atom is 0.264 e. The van der Waals surface area contributed by atoms with E-state index < -0.39 is 6.10 Å². The molecular weight excluding hydrogens is 401 g/mol. The van der Waals surface area contributed by atoms with Gasteiger partial charge in [-0.15, -0.1) is 0 Å². The molecule has 0 saturated carbocycles. The van der Waals surface area contributed by atoms with Gasteiger partial charge in [0, 0.05) is 12.1 Å². The van der Waals surface area contributed by atoms with Crippen LogP contribution in [0.2, 0.25) is 0 Å². The molecule has 0 radical (unpaired) electrons. The summed E-state index contributed by atoms with van der Waals surface area (Å²) in [5.41, 5.74) is 1.28. The van der Waals surface area contributed by atoms with Crippen molar-refractivity contribution in [2.75, 3.05) is 13.7 Å². The molecule has 6 nitrogen and oxygen atoms in total. The minimum Gasteiger partial charge on any atom is -0.493 e. The van der Waals surface area contributed by atoms with Crippen molar-refractivity contribution in [3.8, 4) is 23.0 Å². The Morgan fingerprint density at radius 3 is 2.65 bits per heavy atom. The first-order valence-electron chi connectivity index (χ1n) is 9.83. The highest BCUT2D eigenvalue weighted by atomic mass is 19.1. The summed E-state index contributed by atoms with van der Waals surface area (Å²) in [6.07, 6.45) is -0.722. The van der Waals surface area contributed by atoms with Crippen LogP contribution in [0.15, 0.2) is 66.7 Å². The first-order chi connectivity index (χ1) is 15.1. The van der Waals surface area contributed by atoms with Crippen LogP contribution in [0.5, 0.6) is 23.0 Å². The lowest BCUT2D eigenvalue weighted by Gasteiger charge is -2.25. The fourth-order valence-corrected chi connectivity index (χ4v) is 3.16. The Morgan fingerprint density at radius 2 is 1.84 bits per heavy atom. The molecule has 0 unspecified atom stereocenters. The van der Waals surface area contributed by atoms with E-state index >= 15 is 0 Å². The third-order valence-corrected chi connectivity index (χ3v) is 4.84. The van der Waals surface area contributed by atoms with Crippen LogP contribution in [-0.2, 0) is 17.9 Å². The summed E-state index contributed by atoms with van der Waals surface area (Å²) in [7, 11) is 1.53.